The van der Waals surface area contributed by atoms with Gasteiger partial charge in [-0.3, -0.25) is 4.79 Å². The highest BCUT2D eigenvalue weighted by molar-refractivity contribution is 5.75. The van der Waals surface area contributed by atoms with Crippen LogP contribution in [0.2, 0.25) is 0 Å². The second-order valence-electron chi connectivity index (χ2n) is 7.16. The molecule has 0 aromatic heterocycles. The van der Waals surface area contributed by atoms with Gasteiger partial charge in [0.05, 0.1) is 0 Å². The summed E-state index contributed by atoms with van der Waals surface area (Å²) in [6, 6.07) is 0. The normalized spacial score (nSPS) is 10.9. The number of hydrogen-bond acceptors (Lipinski definition) is 2. The molecule has 3 nitrogen and oxygen atoms in total. The molecule has 0 atom stereocenters. The minimum atomic E-state index is -0.238. The maximum Gasteiger partial charge on any atom is 0.221 e. The molecule has 2 N–H and O–H groups in total. The van der Waals surface area contributed by atoms with Crippen LogP contribution in [0.4, 0.5) is 0 Å². The van der Waals surface area contributed by atoms with Gasteiger partial charge in [0.1, 0.15) is 6.73 Å². The number of aliphatic hydroxyl groups excluding tert-OH is 1. The lowest BCUT2D eigenvalue weighted by Crippen LogP contribution is -2.23. The van der Waals surface area contributed by atoms with Gasteiger partial charge in [0, 0.05) is 6.42 Å². The van der Waals surface area contributed by atoms with Gasteiger partial charge in [-0.05, 0) is 6.42 Å². The van der Waals surface area contributed by atoms with Gasteiger partial charge < -0.3 is 10.4 Å². The Hall–Kier alpha value is -0.570. The fourth-order valence-electron chi connectivity index (χ4n) is 3.19. The van der Waals surface area contributed by atoms with Crippen LogP contribution in [0.1, 0.15) is 122 Å². The average molecular weight is 342 g/mol. The van der Waals surface area contributed by atoms with E-state index in [0.29, 0.717) is 6.42 Å². The number of carbonyl (C=O) groups excluding carboxylic acids is 1. The molecule has 0 saturated carbocycles. The van der Waals surface area contributed by atoms with Gasteiger partial charge in [-0.25, -0.2) is 0 Å². The van der Waals surface area contributed by atoms with Crippen LogP contribution in [-0.4, -0.2) is 17.7 Å². The first-order valence-corrected chi connectivity index (χ1v) is 10.7. The number of nitrogens with one attached hydrogen (secondary N) is 1. The molecule has 0 aliphatic rings. The van der Waals surface area contributed by atoms with E-state index in [1.165, 1.54) is 96.3 Å². The topological polar surface area (TPSA) is 49.3 Å². The Morgan fingerprint density at radius 3 is 1.29 bits per heavy atom. The molecule has 0 unspecified atom stereocenters. The summed E-state index contributed by atoms with van der Waals surface area (Å²) in [7, 11) is 0. The molecule has 0 bridgehead atoms. The number of hydrogen-bond donors (Lipinski definition) is 2. The average Bonchev–Trinajstić information content (AvgIpc) is 2.58. The van der Waals surface area contributed by atoms with Crippen LogP contribution in [0, 0.1) is 0 Å². The van der Waals surface area contributed by atoms with E-state index in [4.69, 9.17) is 5.11 Å². The first kappa shape index (κ1) is 23.4. The summed E-state index contributed by atoms with van der Waals surface area (Å²) in [6.07, 6.45) is 23.6. The molecule has 0 aliphatic carbocycles. The van der Waals surface area contributed by atoms with E-state index in [9.17, 15) is 4.79 Å². The Morgan fingerprint density at radius 2 is 0.958 bits per heavy atom. The van der Waals surface area contributed by atoms with Crippen LogP contribution in [0.15, 0.2) is 0 Å². The third-order valence-corrected chi connectivity index (χ3v) is 4.78. The van der Waals surface area contributed by atoms with Gasteiger partial charge in [0.25, 0.3) is 0 Å². The Kier molecular flexibility index (Phi) is 20.0. The van der Waals surface area contributed by atoms with E-state index in [2.05, 4.69) is 12.2 Å². The van der Waals surface area contributed by atoms with E-state index in [1.54, 1.807) is 0 Å². The maximum atomic E-state index is 11.1. The lowest BCUT2D eigenvalue weighted by molar-refractivity contribution is -0.122. The van der Waals surface area contributed by atoms with Gasteiger partial charge in [0.15, 0.2) is 0 Å². The summed E-state index contributed by atoms with van der Waals surface area (Å²) in [5.41, 5.74) is 0. The summed E-state index contributed by atoms with van der Waals surface area (Å²) in [4.78, 5) is 11.1. The number of unbranched alkanes of at least 4 members (excludes halogenated alkanes) is 16. The molecule has 0 heterocycles. The molecular weight excluding hydrogens is 298 g/mol. The molecule has 0 aliphatic heterocycles. The van der Waals surface area contributed by atoms with Crippen molar-refractivity contribution in [3.8, 4) is 0 Å². The van der Waals surface area contributed by atoms with Crippen molar-refractivity contribution in [2.75, 3.05) is 6.73 Å². The molecular formula is C21H43NO2. The SMILES string of the molecule is CCCCCCCCCCCCCCCCCCCC(=O)NCO. The summed E-state index contributed by atoms with van der Waals surface area (Å²) in [5, 5.41) is 11.0. The van der Waals surface area contributed by atoms with E-state index in [1.807, 2.05) is 0 Å². The Bertz CT molecular complexity index is 256. The van der Waals surface area contributed by atoms with Gasteiger partial charge in [-0.15, -0.1) is 0 Å². The van der Waals surface area contributed by atoms with Crippen molar-refractivity contribution in [2.24, 2.45) is 0 Å². The first-order chi connectivity index (χ1) is 11.8. The third-order valence-electron chi connectivity index (χ3n) is 4.78. The highest BCUT2D eigenvalue weighted by atomic mass is 16.3. The molecule has 3 heteroatoms. The van der Waals surface area contributed by atoms with Crippen molar-refractivity contribution in [3.63, 3.8) is 0 Å². The minimum absolute atomic E-state index is 0.0292. The predicted octanol–water partition coefficient (Wildman–Crippen LogP) is 6.09. The van der Waals surface area contributed by atoms with Crippen molar-refractivity contribution in [1.29, 1.82) is 0 Å². The van der Waals surface area contributed by atoms with Crippen molar-refractivity contribution >= 4 is 5.91 Å². The highest BCUT2D eigenvalue weighted by Crippen LogP contribution is 2.14. The second-order valence-corrected chi connectivity index (χ2v) is 7.16. The van der Waals surface area contributed by atoms with Crippen LogP contribution < -0.4 is 5.32 Å². The zero-order valence-corrected chi connectivity index (χ0v) is 16.3. The van der Waals surface area contributed by atoms with E-state index < -0.39 is 0 Å². The Morgan fingerprint density at radius 1 is 0.625 bits per heavy atom. The van der Waals surface area contributed by atoms with Gasteiger partial charge >= 0.3 is 0 Å². The van der Waals surface area contributed by atoms with Gasteiger partial charge in [-0.2, -0.15) is 0 Å². The molecule has 0 aromatic carbocycles. The summed E-state index contributed by atoms with van der Waals surface area (Å²) < 4.78 is 0. The molecule has 0 radical (unpaired) electrons. The fourth-order valence-corrected chi connectivity index (χ4v) is 3.19. The highest BCUT2D eigenvalue weighted by Gasteiger charge is 1.99. The summed E-state index contributed by atoms with van der Waals surface area (Å²) in [6.45, 7) is 2.04. The maximum absolute atomic E-state index is 11.1. The Balaban J connectivity index is 3.01. The van der Waals surface area contributed by atoms with Crippen molar-refractivity contribution < 1.29 is 9.90 Å². The van der Waals surface area contributed by atoms with Crippen LogP contribution in [0.3, 0.4) is 0 Å². The third kappa shape index (κ3) is 19.5. The molecule has 0 aromatic rings. The Labute approximate surface area is 151 Å². The van der Waals surface area contributed by atoms with Crippen LogP contribution in [0.25, 0.3) is 0 Å². The van der Waals surface area contributed by atoms with Gasteiger partial charge in [-0.1, -0.05) is 110 Å². The first-order valence-electron chi connectivity index (χ1n) is 10.7. The van der Waals surface area contributed by atoms with Crippen LogP contribution in [0.5, 0.6) is 0 Å². The zero-order valence-electron chi connectivity index (χ0n) is 16.3. The fraction of sp³-hybridized carbons (Fsp3) is 0.952. The predicted molar refractivity (Wildman–Crippen MR) is 104 cm³/mol. The molecule has 0 saturated heterocycles. The monoisotopic (exact) mass is 341 g/mol. The standard InChI is InChI=1S/C21H43NO2/c1-2-3-4-5-6-7-8-9-10-11-12-13-14-15-16-17-18-19-21(24)22-20-23/h23H,2-20H2,1H3,(H,22,24). The molecule has 0 spiro atoms. The lowest BCUT2D eigenvalue weighted by atomic mass is 10.0. The molecule has 144 valence electrons. The number of carbonyl (C=O) groups is 1. The summed E-state index contributed by atoms with van der Waals surface area (Å²) >= 11 is 0. The molecule has 0 fully saturated rings. The lowest BCUT2D eigenvalue weighted by Gasteiger charge is -2.04. The quantitative estimate of drug-likeness (QED) is 0.220. The van der Waals surface area contributed by atoms with Crippen LogP contribution >= 0.6 is 0 Å². The van der Waals surface area contributed by atoms with E-state index in [0.717, 1.165) is 12.8 Å². The molecule has 0 rings (SSSR count). The smallest absolute Gasteiger partial charge is 0.221 e. The van der Waals surface area contributed by atoms with E-state index in [-0.39, 0.29) is 12.6 Å². The molecule has 24 heavy (non-hydrogen) atoms. The van der Waals surface area contributed by atoms with Gasteiger partial charge in [0.2, 0.25) is 5.91 Å². The number of rotatable bonds is 19. The second kappa shape index (κ2) is 20.5. The zero-order chi connectivity index (χ0) is 17.7. The number of amides is 1. The van der Waals surface area contributed by atoms with Crippen molar-refractivity contribution in [3.05, 3.63) is 0 Å². The van der Waals surface area contributed by atoms with Crippen LogP contribution in [-0.2, 0) is 4.79 Å². The van der Waals surface area contributed by atoms with E-state index >= 15 is 0 Å². The minimum Gasteiger partial charge on any atom is -0.377 e. The molecule has 1 amide bonds. The summed E-state index contributed by atoms with van der Waals surface area (Å²) in [5.74, 6) is -0.0292. The number of aliphatic hydroxyl groups is 1. The van der Waals surface area contributed by atoms with Crippen molar-refractivity contribution in [2.45, 2.75) is 122 Å². The largest absolute Gasteiger partial charge is 0.377 e. The van der Waals surface area contributed by atoms with Crippen molar-refractivity contribution in [1.82, 2.24) is 5.32 Å².